The molecule has 0 bridgehead atoms. The van der Waals surface area contributed by atoms with Gasteiger partial charge < -0.3 is 15.0 Å². The van der Waals surface area contributed by atoms with Crippen molar-refractivity contribution in [3.8, 4) is 0 Å². The molecular formula is C9H16N2O2. The minimum atomic E-state index is 0.210. The van der Waals surface area contributed by atoms with Gasteiger partial charge in [0.25, 0.3) is 0 Å². The van der Waals surface area contributed by atoms with Crippen LogP contribution in [-0.2, 0) is 9.53 Å². The zero-order chi connectivity index (χ0) is 9.26. The highest BCUT2D eigenvalue weighted by atomic mass is 16.5. The second-order valence-electron chi connectivity index (χ2n) is 3.70. The van der Waals surface area contributed by atoms with Crippen LogP contribution in [0.2, 0.25) is 0 Å². The van der Waals surface area contributed by atoms with Crippen LogP contribution in [-0.4, -0.2) is 49.2 Å². The molecule has 1 N–H and O–H groups in total. The van der Waals surface area contributed by atoms with Gasteiger partial charge in [-0.25, -0.2) is 0 Å². The number of amides is 1. The van der Waals surface area contributed by atoms with Gasteiger partial charge in [0, 0.05) is 19.7 Å². The first-order valence-corrected chi connectivity index (χ1v) is 4.91. The number of nitrogens with one attached hydrogen (secondary N) is 1. The van der Waals surface area contributed by atoms with Crippen LogP contribution in [0, 0.1) is 0 Å². The molecule has 0 aromatic rings. The highest BCUT2D eigenvalue weighted by Crippen LogP contribution is 2.19. The molecule has 1 amide bonds. The van der Waals surface area contributed by atoms with Crippen molar-refractivity contribution in [1.29, 1.82) is 0 Å². The van der Waals surface area contributed by atoms with E-state index in [0.717, 1.165) is 26.1 Å². The molecule has 13 heavy (non-hydrogen) atoms. The summed E-state index contributed by atoms with van der Waals surface area (Å²) in [5.74, 6) is 0.216. The fraction of sp³-hybridized carbons (Fsp3) is 0.889. The molecule has 0 saturated carbocycles. The summed E-state index contributed by atoms with van der Waals surface area (Å²) in [5, 5.41) is 3.07. The first kappa shape index (κ1) is 8.97. The molecule has 74 valence electrons. The van der Waals surface area contributed by atoms with E-state index in [9.17, 15) is 4.79 Å². The van der Waals surface area contributed by atoms with Crippen LogP contribution in [0.25, 0.3) is 0 Å². The molecule has 2 heterocycles. The maximum absolute atomic E-state index is 11.5. The molecule has 2 rings (SSSR count). The molecule has 2 fully saturated rings. The van der Waals surface area contributed by atoms with Crippen molar-refractivity contribution in [2.24, 2.45) is 0 Å². The predicted molar refractivity (Wildman–Crippen MR) is 48.4 cm³/mol. The van der Waals surface area contributed by atoms with Gasteiger partial charge in [0.15, 0.2) is 0 Å². The van der Waals surface area contributed by atoms with E-state index in [1.54, 1.807) is 0 Å². The summed E-state index contributed by atoms with van der Waals surface area (Å²) >= 11 is 0. The van der Waals surface area contributed by atoms with E-state index in [0.29, 0.717) is 12.6 Å². The molecular weight excluding hydrogens is 168 g/mol. The third kappa shape index (κ3) is 1.69. The van der Waals surface area contributed by atoms with Crippen molar-refractivity contribution < 1.29 is 9.53 Å². The van der Waals surface area contributed by atoms with Gasteiger partial charge in [0.1, 0.15) is 0 Å². The normalized spacial score (nSPS) is 35.5. The Balaban J connectivity index is 2.01. The topological polar surface area (TPSA) is 41.6 Å². The fourth-order valence-electron chi connectivity index (χ4n) is 2.10. The minimum Gasteiger partial charge on any atom is -0.376 e. The number of carbonyl (C=O) groups is 1. The standard InChI is InChI=1S/C9H16N2O2/c1-7-8(2-5-13-7)11-4-3-10-6-9(11)12/h7-8,10H,2-6H2,1H3. The lowest BCUT2D eigenvalue weighted by Crippen LogP contribution is -2.54. The van der Waals surface area contributed by atoms with Gasteiger partial charge in [-0.2, -0.15) is 0 Å². The van der Waals surface area contributed by atoms with Crippen molar-refractivity contribution >= 4 is 5.91 Å². The number of rotatable bonds is 1. The summed E-state index contributed by atoms with van der Waals surface area (Å²) in [6, 6.07) is 0.314. The summed E-state index contributed by atoms with van der Waals surface area (Å²) in [6.07, 6.45) is 1.20. The van der Waals surface area contributed by atoms with Crippen molar-refractivity contribution in [2.75, 3.05) is 26.2 Å². The number of piperazine rings is 1. The molecule has 4 nitrogen and oxygen atoms in total. The van der Waals surface area contributed by atoms with E-state index in [1.807, 2.05) is 11.8 Å². The van der Waals surface area contributed by atoms with Crippen LogP contribution in [0.4, 0.5) is 0 Å². The molecule has 0 spiro atoms. The first-order chi connectivity index (χ1) is 6.29. The van der Waals surface area contributed by atoms with Crippen LogP contribution >= 0.6 is 0 Å². The summed E-state index contributed by atoms with van der Waals surface area (Å²) in [4.78, 5) is 13.5. The lowest BCUT2D eigenvalue weighted by molar-refractivity contribution is -0.135. The van der Waals surface area contributed by atoms with Gasteiger partial charge in [-0.1, -0.05) is 0 Å². The Hall–Kier alpha value is -0.610. The van der Waals surface area contributed by atoms with Gasteiger partial charge in [-0.15, -0.1) is 0 Å². The summed E-state index contributed by atoms with van der Waals surface area (Å²) in [6.45, 7) is 5.07. The SMILES string of the molecule is CC1OCCC1N1CCNCC1=O. The molecule has 0 aromatic carbocycles. The maximum atomic E-state index is 11.5. The van der Waals surface area contributed by atoms with Crippen LogP contribution in [0.15, 0.2) is 0 Å². The van der Waals surface area contributed by atoms with Gasteiger partial charge in [0.05, 0.1) is 18.7 Å². The molecule has 0 aliphatic carbocycles. The predicted octanol–water partition coefficient (Wildman–Crippen LogP) is -0.404. The Labute approximate surface area is 78.2 Å². The number of hydrogen-bond donors (Lipinski definition) is 1. The zero-order valence-electron chi connectivity index (χ0n) is 7.95. The highest BCUT2D eigenvalue weighted by molar-refractivity contribution is 5.79. The van der Waals surface area contributed by atoms with Crippen LogP contribution < -0.4 is 5.32 Å². The van der Waals surface area contributed by atoms with E-state index < -0.39 is 0 Å². The molecule has 0 radical (unpaired) electrons. The van der Waals surface area contributed by atoms with Crippen LogP contribution in [0.5, 0.6) is 0 Å². The van der Waals surface area contributed by atoms with E-state index >= 15 is 0 Å². The molecule has 2 unspecified atom stereocenters. The Morgan fingerprint density at radius 3 is 3.08 bits per heavy atom. The molecule has 4 heteroatoms. The van der Waals surface area contributed by atoms with Gasteiger partial charge >= 0.3 is 0 Å². The Morgan fingerprint density at radius 1 is 1.62 bits per heavy atom. The van der Waals surface area contributed by atoms with E-state index in [-0.39, 0.29) is 12.0 Å². The largest absolute Gasteiger partial charge is 0.376 e. The summed E-state index contributed by atoms with van der Waals surface area (Å²) < 4.78 is 5.45. The molecule has 2 saturated heterocycles. The van der Waals surface area contributed by atoms with E-state index in [1.165, 1.54) is 0 Å². The minimum absolute atomic E-state index is 0.210. The van der Waals surface area contributed by atoms with Gasteiger partial charge in [-0.3, -0.25) is 4.79 Å². The van der Waals surface area contributed by atoms with Crippen molar-refractivity contribution in [2.45, 2.75) is 25.5 Å². The Kier molecular flexibility index (Phi) is 2.51. The van der Waals surface area contributed by atoms with Crippen molar-refractivity contribution in [3.05, 3.63) is 0 Å². The number of hydrogen-bond acceptors (Lipinski definition) is 3. The average Bonchev–Trinajstić information content (AvgIpc) is 2.52. The quantitative estimate of drug-likeness (QED) is 0.602. The Morgan fingerprint density at radius 2 is 2.46 bits per heavy atom. The van der Waals surface area contributed by atoms with E-state index in [4.69, 9.17) is 4.74 Å². The number of ether oxygens (including phenoxy) is 1. The molecule has 0 aromatic heterocycles. The molecule has 2 atom stereocenters. The van der Waals surface area contributed by atoms with Crippen LogP contribution in [0.1, 0.15) is 13.3 Å². The van der Waals surface area contributed by atoms with Gasteiger partial charge in [0.2, 0.25) is 5.91 Å². The third-order valence-corrected chi connectivity index (χ3v) is 2.86. The van der Waals surface area contributed by atoms with E-state index in [2.05, 4.69) is 5.32 Å². The zero-order valence-corrected chi connectivity index (χ0v) is 7.95. The van der Waals surface area contributed by atoms with Crippen molar-refractivity contribution in [1.82, 2.24) is 10.2 Å². The fourth-order valence-corrected chi connectivity index (χ4v) is 2.10. The summed E-state index contributed by atoms with van der Waals surface area (Å²) in [5.41, 5.74) is 0. The van der Waals surface area contributed by atoms with Crippen LogP contribution in [0.3, 0.4) is 0 Å². The molecule has 2 aliphatic heterocycles. The average molecular weight is 184 g/mol. The summed E-state index contributed by atoms with van der Waals surface area (Å²) in [7, 11) is 0. The maximum Gasteiger partial charge on any atom is 0.236 e. The number of carbonyl (C=O) groups excluding carboxylic acids is 1. The second kappa shape index (κ2) is 3.64. The van der Waals surface area contributed by atoms with Crippen molar-refractivity contribution in [3.63, 3.8) is 0 Å². The molecule has 2 aliphatic rings. The third-order valence-electron chi connectivity index (χ3n) is 2.86. The Bertz CT molecular complexity index is 208. The first-order valence-electron chi connectivity index (χ1n) is 4.91. The number of nitrogens with zero attached hydrogens (tertiary/aromatic N) is 1. The second-order valence-corrected chi connectivity index (χ2v) is 3.70. The highest BCUT2D eigenvalue weighted by Gasteiger charge is 2.33. The lowest BCUT2D eigenvalue weighted by Gasteiger charge is -2.34. The smallest absolute Gasteiger partial charge is 0.236 e. The lowest BCUT2D eigenvalue weighted by atomic mass is 10.1. The monoisotopic (exact) mass is 184 g/mol. The van der Waals surface area contributed by atoms with Gasteiger partial charge in [-0.05, 0) is 13.3 Å².